The van der Waals surface area contributed by atoms with Crippen LogP contribution in [0.1, 0.15) is 220 Å². The summed E-state index contributed by atoms with van der Waals surface area (Å²) in [6.07, 6.45) is 7.39. The third-order valence-electron chi connectivity index (χ3n) is 20.3. The van der Waals surface area contributed by atoms with Gasteiger partial charge in [0.05, 0.1) is 0 Å². The molecule has 0 saturated carbocycles. The van der Waals surface area contributed by atoms with Crippen LogP contribution in [-0.2, 0) is 41.0 Å². The molecule has 554 valence electrons. The molecule has 4 aromatic heterocycles. The molecule has 4 heterocycles. The van der Waals surface area contributed by atoms with Crippen LogP contribution in [0.25, 0.3) is 89.5 Å². The highest BCUT2D eigenvalue weighted by Crippen LogP contribution is 2.39. The van der Waals surface area contributed by atoms with Gasteiger partial charge in [-0.1, -0.05) is 236 Å². The fraction of sp³-hybridized carbons (Fsp3) is 0.340. The molecule has 0 unspecified atom stereocenters. The predicted molar refractivity (Wildman–Crippen MR) is 459 cm³/mol. The summed E-state index contributed by atoms with van der Waals surface area (Å²) < 4.78 is 115. The molecule has 107 heavy (non-hydrogen) atoms. The number of hydrogen-bond acceptors (Lipinski definition) is 0. The van der Waals surface area contributed by atoms with Crippen molar-refractivity contribution in [2.45, 2.75) is 195 Å². The molecule has 12 aromatic rings. The molecule has 0 spiro atoms. The molecule has 0 aliphatic carbocycles. The molecule has 0 bridgehead atoms. The quantitative estimate of drug-likeness (QED) is 0.0909. The Hall–Kier alpha value is -9.64. The van der Waals surface area contributed by atoms with E-state index >= 15 is 0 Å². The normalized spacial score (nSPS) is 13.9. The Morgan fingerprint density at radius 2 is 0.598 bits per heavy atom. The molecule has 0 N–H and O–H groups in total. The highest BCUT2D eigenvalue weighted by Gasteiger charge is 2.26. The molecule has 0 radical (unpaired) electrons. The Labute approximate surface area is 665 Å². The second-order valence-electron chi connectivity index (χ2n) is 32.1. The van der Waals surface area contributed by atoms with Crippen molar-refractivity contribution in [3.05, 3.63) is 308 Å². The Morgan fingerprint density at radius 1 is 0.308 bits per heavy atom. The maximum atomic E-state index is 8.70. The molecular formula is C103H126N4+4. The van der Waals surface area contributed by atoms with Crippen LogP contribution in [0.5, 0.6) is 0 Å². The van der Waals surface area contributed by atoms with E-state index in [2.05, 4.69) is 216 Å². The van der Waals surface area contributed by atoms with Crippen molar-refractivity contribution < 1.29 is 36.1 Å². The van der Waals surface area contributed by atoms with Gasteiger partial charge in [-0.2, -0.15) is 0 Å². The third kappa shape index (κ3) is 20.0. The van der Waals surface area contributed by atoms with Crippen molar-refractivity contribution in [3.8, 4) is 89.5 Å². The first-order valence-electron chi connectivity index (χ1n) is 44.5. The van der Waals surface area contributed by atoms with Gasteiger partial charge >= 0.3 is 0 Å². The monoisotopic (exact) mass is 1430 g/mol. The molecule has 0 aliphatic rings. The topological polar surface area (TPSA) is 15.5 Å². The largest absolute Gasteiger partial charge is 0.212 e. The van der Waals surface area contributed by atoms with Gasteiger partial charge in [0.2, 0.25) is 22.8 Å². The van der Waals surface area contributed by atoms with Gasteiger partial charge in [-0.05, 0) is 252 Å². The van der Waals surface area contributed by atoms with Crippen molar-refractivity contribution in [3.63, 3.8) is 0 Å². The van der Waals surface area contributed by atoms with Crippen molar-refractivity contribution in [1.82, 2.24) is 0 Å². The van der Waals surface area contributed by atoms with Crippen molar-refractivity contribution in [2.24, 2.45) is 39.5 Å². The summed E-state index contributed by atoms with van der Waals surface area (Å²) in [5.41, 5.74) is 31.4. The Morgan fingerprint density at radius 3 is 0.925 bits per heavy atom. The van der Waals surface area contributed by atoms with Gasteiger partial charge < -0.3 is 0 Å². The standard InChI is InChI=1S/3C26H32N.C25H30N/c1-18-14-25(27(7)17-22(18)16-26(4,5)6)24-15-23(19(2)13-20(24)3)21-11-9-8-10-12-21;2*1-17(2)22-15-26(27(7)16-25(22)18(3)4)24-14-23(19(5)13-20(24)6)21-11-9-8-10-12-21;1-17(2)12-22-16-26(6)25(14-18(22)3)24-15-23(19(4)13-20(24)5)21-10-8-7-9-11-21/h8-15,17H,16H2,1-7H3;2*8-18H,1-7H3;7-11,13-17H,12H2,1-6H3/q4*+1/i;5D3,17D,18D;;3D3,4D3,12D2. The number of rotatable bonds is 15. The minimum absolute atomic E-state index is 0.0418. The van der Waals surface area contributed by atoms with E-state index in [1.54, 1.807) is 56.8 Å². The molecular weight excluding hydrogens is 1290 g/mol. The number of benzene rings is 8. The van der Waals surface area contributed by atoms with Crippen LogP contribution in [0, 0.1) is 80.4 Å². The molecule has 4 nitrogen and oxygen atoms in total. The zero-order valence-corrected chi connectivity index (χ0v) is 68.5. The average molecular weight is 1430 g/mol. The molecule has 0 fully saturated rings. The number of aromatic nitrogens is 4. The average Bonchev–Trinajstić information content (AvgIpc) is 0.748. The van der Waals surface area contributed by atoms with Crippen LogP contribution in [0.4, 0.5) is 0 Å². The van der Waals surface area contributed by atoms with Crippen LogP contribution in [0.3, 0.4) is 0 Å². The summed E-state index contributed by atoms with van der Waals surface area (Å²) in [7, 11) is 8.03. The van der Waals surface area contributed by atoms with Crippen molar-refractivity contribution in [1.29, 1.82) is 0 Å². The van der Waals surface area contributed by atoms with Gasteiger partial charge in [0.1, 0.15) is 28.2 Å². The third-order valence-corrected chi connectivity index (χ3v) is 20.3. The van der Waals surface area contributed by atoms with Gasteiger partial charge in [0, 0.05) is 86.6 Å². The van der Waals surface area contributed by atoms with Crippen molar-refractivity contribution in [2.75, 3.05) is 0 Å². The zero-order valence-electron chi connectivity index (χ0n) is 81.5. The first kappa shape index (κ1) is 64.5. The van der Waals surface area contributed by atoms with E-state index < -0.39 is 44.6 Å². The van der Waals surface area contributed by atoms with Crippen LogP contribution in [0.2, 0.25) is 0 Å². The fourth-order valence-electron chi connectivity index (χ4n) is 14.6. The summed E-state index contributed by atoms with van der Waals surface area (Å²) in [5.74, 6) is -1.11. The van der Waals surface area contributed by atoms with E-state index in [1.807, 2.05) is 125 Å². The van der Waals surface area contributed by atoms with Crippen LogP contribution >= 0.6 is 0 Å². The van der Waals surface area contributed by atoms with Gasteiger partial charge in [-0.25, -0.2) is 18.3 Å². The number of pyridine rings is 4. The highest BCUT2D eigenvalue weighted by molar-refractivity contribution is 5.80. The molecule has 8 aromatic carbocycles. The van der Waals surface area contributed by atoms with Gasteiger partial charge in [0.15, 0.2) is 24.8 Å². The van der Waals surface area contributed by atoms with Crippen LogP contribution in [0.15, 0.2) is 219 Å². The maximum absolute atomic E-state index is 8.70. The molecule has 0 atom stereocenters. The van der Waals surface area contributed by atoms with Crippen molar-refractivity contribution >= 4 is 0 Å². The second-order valence-corrected chi connectivity index (χ2v) is 32.1. The SMILES string of the molecule is Cc1cc(-c2cc(-c3ccccc3)c(C)cc2C)[n+](C)cc1CC(C)(C)C.Cc1cc(C)c(-c2cc(C(C)C)c(C(C)C)c[n+]2C)cc1-c1ccccc1.[2H]C([2H])([2H])c1cc(C)c(-c2cc(C([2H])(C)C)c(C([2H])(C)C)c[n+]2C)cc1-c1ccccc1.[2H]C([2H])([2H])c1cc(C)c(-c2cc(C([2H])([2H])[2H])c(C([2H])([2H])C(C)C)c[n+]2C)cc1-c1ccccc1. The Balaban J connectivity index is 0.000000183. The molecule has 0 amide bonds. The summed E-state index contributed by atoms with van der Waals surface area (Å²) in [6.45, 7) is 34.6. The predicted octanol–water partition coefficient (Wildman–Crippen LogP) is 25.7. The first-order chi connectivity index (χ1) is 55.6. The van der Waals surface area contributed by atoms with Gasteiger partial charge in [-0.15, -0.1) is 0 Å². The summed E-state index contributed by atoms with van der Waals surface area (Å²) in [5, 5.41) is 0. The van der Waals surface area contributed by atoms with E-state index in [0.717, 1.165) is 45.5 Å². The minimum atomic E-state index is -2.52. The maximum Gasteiger partial charge on any atom is 0.212 e. The van der Waals surface area contributed by atoms with E-state index in [-0.39, 0.29) is 16.7 Å². The minimum Gasteiger partial charge on any atom is -0.201 e. The lowest BCUT2D eigenvalue weighted by molar-refractivity contribution is -0.661. The number of nitrogens with zero attached hydrogens (tertiary/aromatic N) is 4. The van der Waals surface area contributed by atoms with Crippen LogP contribution in [-0.4, -0.2) is 0 Å². The lowest BCUT2D eigenvalue weighted by Crippen LogP contribution is -2.32. The molecule has 12 rings (SSSR count). The summed E-state index contributed by atoms with van der Waals surface area (Å²) in [6, 6.07) is 65.0. The Bertz CT molecular complexity index is 5640. The van der Waals surface area contributed by atoms with E-state index in [1.165, 1.54) is 95.3 Å². The smallest absolute Gasteiger partial charge is 0.201 e. The number of aryl methyl sites for hydroxylation is 14. The molecule has 0 aliphatic heterocycles. The van der Waals surface area contributed by atoms with E-state index in [4.69, 9.17) is 17.8 Å². The molecule has 0 saturated heterocycles. The van der Waals surface area contributed by atoms with Gasteiger partial charge in [-0.3, -0.25) is 0 Å². The van der Waals surface area contributed by atoms with Crippen LogP contribution < -0.4 is 18.3 Å². The lowest BCUT2D eigenvalue weighted by Gasteiger charge is -2.19. The molecule has 4 heteroatoms. The second kappa shape index (κ2) is 35.4. The Kier molecular flexibility index (Phi) is 21.3. The summed E-state index contributed by atoms with van der Waals surface area (Å²) in [4.78, 5) is 0. The number of hydrogen-bond donors (Lipinski definition) is 0. The first-order valence-corrected chi connectivity index (χ1v) is 38.0. The summed E-state index contributed by atoms with van der Waals surface area (Å²) >= 11 is 0. The highest BCUT2D eigenvalue weighted by atomic mass is 14.9. The fourth-order valence-corrected chi connectivity index (χ4v) is 14.6. The zero-order chi connectivity index (χ0) is 89.2. The lowest BCUT2D eigenvalue weighted by atomic mass is 9.86. The van der Waals surface area contributed by atoms with Gasteiger partial charge in [0.25, 0.3) is 0 Å². The van der Waals surface area contributed by atoms with E-state index in [0.29, 0.717) is 50.8 Å². The van der Waals surface area contributed by atoms with E-state index in [9.17, 15) is 0 Å².